The van der Waals surface area contributed by atoms with Crippen molar-refractivity contribution >= 4 is 11.6 Å². The normalized spacial score (nSPS) is 15.0. The first-order valence-electron chi connectivity index (χ1n) is 11.4. The van der Waals surface area contributed by atoms with Crippen LogP contribution >= 0.6 is 0 Å². The molecule has 1 saturated carbocycles. The van der Waals surface area contributed by atoms with Crippen molar-refractivity contribution in [2.45, 2.75) is 64.2 Å². The summed E-state index contributed by atoms with van der Waals surface area (Å²) >= 11 is 0. The summed E-state index contributed by atoms with van der Waals surface area (Å²) in [6, 6.07) is 15.6. The molecule has 4 rings (SSSR count). The number of H-pyrrole nitrogens is 1. The maximum Gasteiger partial charge on any atom is 0.264 e. The topological polar surface area (TPSA) is 85.3 Å². The summed E-state index contributed by atoms with van der Waals surface area (Å²) in [6.07, 6.45) is 6.30. The molecule has 0 bridgehead atoms. The molecule has 1 heterocycles. The molecule has 4 N–H and O–H groups in total. The van der Waals surface area contributed by atoms with Crippen LogP contribution in [-0.2, 0) is 5.41 Å². The van der Waals surface area contributed by atoms with Crippen molar-refractivity contribution in [1.29, 1.82) is 0 Å². The summed E-state index contributed by atoms with van der Waals surface area (Å²) in [5.74, 6) is -0.575. The average Bonchev–Trinajstić information content (AvgIpc) is 3.08. The van der Waals surface area contributed by atoms with E-state index in [4.69, 9.17) is 0 Å². The van der Waals surface area contributed by atoms with E-state index in [2.05, 4.69) is 43.2 Å². The fourth-order valence-electron chi connectivity index (χ4n) is 4.51. The minimum absolute atomic E-state index is 0.00995. The summed E-state index contributed by atoms with van der Waals surface area (Å²) in [7, 11) is 0. The first-order chi connectivity index (χ1) is 15.2. The quantitative estimate of drug-likeness (QED) is 0.370. The zero-order chi connectivity index (χ0) is 22.9. The van der Waals surface area contributed by atoms with E-state index in [9.17, 15) is 15.0 Å². The molecule has 32 heavy (non-hydrogen) atoms. The van der Waals surface area contributed by atoms with Gasteiger partial charge in [0.15, 0.2) is 5.75 Å². The Morgan fingerprint density at radius 3 is 2.16 bits per heavy atom. The molecule has 5 nitrogen and oxygen atoms in total. The number of rotatable bonds is 4. The zero-order valence-electron chi connectivity index (χ0n) is 19.0. The van der Waals surface area contributed by atoms with Gasteiger partial charge in [0.05, 0.1) is 5.69 Å². The predicted octanol–water partition coefficient (Wildman–Crippen LogP) is 6.69. The van der Waals surface area contributed by atoms with Crippen molar-refractivity contribution in [2.75, 3.05) is 5.32 Å². The Morgan fingerprint density at radius 2 is 1.56 bits per heavy atom. The standard InChI is InChI=1S/C27H32N2O3/c1-27(2,3)20-13-9-19(10-14-20)23-24(30)22(26(32)29-23)25(31)28-21-15-11-18(12-16-21)17-7-5-4-6-8-17/h9-17,29-30,32H,4-8H2,1-3H3,(H,28,31). The molecule has 0 aliphatic heterocycles. The second-order valence-electron chi connectivity index (χ2n) is 9.81. The minimum Gasteiger partial charge on any atom is -0.505 e. The Balaban J connectivity index is 1.51. The van der Waals surface area contributed by atoms with Gasteiger partial charge in [-0.1, -0.05) is 76.4 Å². The Morgan fingerprint density at radius 1 is 0.938 bits per heavy atom. The fourth-order valence-corrected chi connectivity index (χ4v) is 4.51. The van der Waals surface area contributed by atoms with Crippen molar-refractivity contribution < 1.29 is 15.0 Å². The van der Waals surface area contributed by atoms with E-state index in [0.29, 0.717) is 22.9 Å². The molecular formula is C27H32N2O3. The first-order valence-corrected chi connectivity index (χ1v) is 11.4. The molecule has 5 heteroatoms. The lowest BCUT2D eigenvalue weighted by Gasteiger charge is -2.22. The second kappa shape index (κ2) is 8.73. The van der Waals surface area contributed by atoms with Gasteiger partial charge in [-0.25, -0.2) is 0 Å². The molecule has 0 saturated heterocycles. The van der Waals surface area contributed by atoms with E-state index >= 15 is 0 Å². The van der Waals surface area contributed by atoms with Crippen molar-refractivity contribution in [3.05, 3.63) is 65.2 Å². The molecule has 1 aliphatic carbocycles. The van der Waals surface area contributed by atoms with Gasteiger partial charge in [0.1, 0.15) is 5.56 Å². The number of amides is 1. The summed E-state index contributed by atoms with van der Waals surface area (Å²) in [6.45, 7) is 6.39. The lowest BCUT2D eigenvalue weighted by Crippen LogP contribution is -2.12. The van der Waals surface area contributed by atoms with E-state index in [1.54, 1.807) is 0 Å². The smallest absolute Gasteiger partial charge is 0.264 e. The number of carbonyl (C=O) groups is 1. The number of aromatic amines is 1. The van der Waals surface area contributed by atoms with Gasteiger partial charge in [-0.15, -0.1) is 0 Å². The lowest BCUT2D eigenvalue weighted by atomic mass is 9.84. The number of carbonyl (C=O) groups excluding carboxylic acids is 1. The molecule has 1 aliphatic rings. The molecule has 2 aromatic carbocycles. The van der Waals surface area contributed by atoms with Crippen LogP contribution in [0.25, 0.3) is 11.3 Å². The van der Waals surface area contributed by atoms with Crippen LogP contribution in [0.2, 0.25) is 0 Å². The van der Waals surface area contributed by atoms with Gasteiger partial charge in [0, 0.05) is 11.3 Å². The predicted molar refractivity (Wildman–Crippen MR) is 128 cm³/mol. The molecule has 0 spiro atoms. The van der Waals surface area contributed by atoms with Crippen molar-refractivity contribution in [2.24, 2.45) is 0 Å². The van der Waals surface area contributed by atoms with E-state index in [1.807, 2.05) is 36.4 Å². The van der Waals surface area contributed by atoms with Gasteiger partial charge in [-0.3, -0.25) is 4.79 Å². The highest BCUT2D eigenvalue weighted by molar-refractivity contribution is 6.09. The van der Waals surface area contributed by atoms with Gasteiger partial charge in [0.25, 0.3) is 5.91 Å². The van der Waals surface area contributed by atoms with Crippen molar-refractivity contribution in [3.8, 4) is 22.9 Å². The second-order valence-corrected chi connectivity index (χ2v) is 9.81. The molecular weight excluding hydrogens is 400 g/mol. The highest BCUT2D eigenvalue weighted by Gasteiger charge is 2.24. The molecule has 0 atom stereocenters. The van der Waals surface area contributed by atoms with Gasteiger partial charge < -0.3 is 20.5 Å². The molecule has 0 radical (unpaired) electrons. The zero-order valence-corrected chi connectivity index (χ0v) is 19.0. The van der Waals surface area contributed by atoms with Crippen molar-refractivity contribution in [1.82, 2.24) is 4.98 Å². The van der Waals surface area contributed by atoms with Crippen LogP contribution in [0.15, 0.2) is 48.5 Å². The largest absolute Gasteiger partial charge is 0.505 e. The van der Waals surface area contributed by atoms with Crippen LogP contribution < -0.4 is 5.32 Å². The Kier molecular flexibility index (Phi) is 6.00. The third-order valence-electron chi connectivity index (χ3n) is 6.47. The van der Waals surface area contributed by atoms with Crippen LogP contribution in [0.4, 0.5) is 5.69 Å². The monoisotopic (exact) mass is 432 g/mol. The van der Waals surface area contributed by atoms with Crippen molar-refractivity contribution in [3.63, 3.8) is 0 Å². The number of nitrogens with one attached hydrogen (secondary N) is 2. The van der Waals surface area contributed by atoms with Gasteiger partial charge >= 0.3 is 0 Å². The summed E-state index contributed by atoms with van der Waals surface area (Å²) in [5.41, 5.74) is 3.96. The number of anilines is 1. The molecule has 0 unspecified atom stereocenters. The van der Waals surface area contributed by atoms with E-state index in [-0.39, 0.29) is 22.6 Å². The van der Waals surface area contributed by atoms with E-state index in [1.165, 1.54) is 37.7 Å². The summed E-state index contributed by atoms with van der Waals surface area (Å²) in [5, 5.41) is 23.8. The van der Waals surface area contributed by atoms with Crippen LogP contribution in [0, 0.1) is 0 Å². The minimum atomic E-state index is -0.556. The molecule has 3 aromatic rings. The maximum atomic E-state index is 12.8. The number of hydrogen-bond acceptors (Lipinski definition) is 3. The summed E-state index contributed by atoms with van der Waals surface area (Å²) in [4.78, 5) is 15.6. The molecule has 168 valence electrons. The molecule has 1 amide bonds. The summed E-state index contributed by atoms with van der Waals surface area (Å²) < 4.78 is 0. The SMILES string of the molecule is CC(C)(C)c1ccc(-c2[nH]c(O)c(C(=O)Nc3ccc(C4CCCCC4)cc3)c2O)cc1. The van der Waals surface area contributed by atoms with Gasteiger partial charge in [0.2, 0.25) is 5.88 Å². The highest BCUT2D eigenvalue weighted by atomic mass is 16.3. The molecule has 1 aromatic heterocycles. The maximum absolute atomic E-state index is 12.8. The number of hydrogen-bond donors (Lipinski definition) is 4. The Hall–Kier alpha value is -3.21. The highest BCUT2D eigenvalue weighted by Crippen LogP contribution is 2.39. The van der Waals surface area contributed by atoms with Crippen LogP contribution in [-0.4, -0.2) is 21.1 Å². The molecule has 1 fully saturated rings. The third-order valence-corrected chi connectivity index (χ3v) is 6.47. The van der Waals surface area contributed by atoms with Crippen LogP contribution in [0.1, 0.15) is 80.3 Å². The average molecular weight is 433 g/mol. The number of benzene rings is 2. The number of aromatic hydroxyl groups is 2. The third kappa shape index (κ3) is 4.52. The lowest BCUT2D eigenvalue weighted by molar-refractivity contribution is 0.102. The van der Waals surface area contributed by atoms with Crippen LogP contribution in [0.5, 0.6) is 11.6 Å². The van der Waals surface area contributed by atoms with Gasteiger partial charge in [-0.2, -0.15) is 0 Å². The van der Waals surface area contributed by atoms with E-state index < -0.39 is 5.91 Å². The Labute approximate surface area is 189 Å². The first kappa shape index (κ1) is 22.0. The fraction of sp³-hybridized carbons (Fsp3) is 0.370. The van der Waals surface area contributed by atoms with E-state index in [0.717, 1.165) is 5.56 Å². The van der Waals surface area contributed by atoms with Gasteiger partial charge in [-0.05, 0) is 47.4 Å². The number of aromatic nitrogens is 1. The van der Waals surface area contributed by atoms with Crippen LogP contribution in [0.3, 0.4) is 0 Å². The Bertz CT molecular complexity index is 1080.